The molecule has 1 aliphatic heterocycles. The molecule has 3 aromatic rings. The maximum atomic E-state index is 13.0. The van der Waals surface area contributed by atoms with Gasteiger partial charge in [0.05, 0.1) is 30.5 Å². The van der Waals surface area contributed by atoms with Crippen molar-refractivity contribution in [1.82, 2.24) is 29.9 Å². The van der Waals surface area contributed by atoms with Crippen LogP contribution in [-0.2, 0) is 6.54 Å². The summed E-state index contributed by atoms with van der Waals surface area (Å²) in [6, 6.07) is 8.68. The van der Waals surface area contributed by atoms with Crippen LogP contribution in [0.3, 0.4) is 0 Å². The van der Waals surface area contributed by atoms with Crippen LogP contribution in [0.4, 0.5) is 10.3 Å². The minimum Gasteiger partial charge on any atom is -0.350 e. The molecule has 0 unspecified atom stereocenters. The second-order valence-corrected chi connectivity index (χ2v) is 6.78. The van der Waals surface area contributed by atoms with Gasteiger partial charge < -0.3 is 5.32 Å². The first-order chi connectivity index (χ1) is 13.2. The second kappa shape index (κ2) is 7.79. The number of piperidine rings is 1. The van der Waals surface area contributed by atoms with Crippen LogP contribution in [-0.4, -0.2) is 48.5 Å². The van der Waals surface area contributed by atoms with E-state index in [1.165, 1.54) is 18.0 Å². The van der Waals surface area contributed by atoms with Crippen molar-refractivity contribution in [3.63, 3.8) is 0 Å². The molecular weight excluding hydrogens is 345 g/mol. The molecule has 2 atom stereocenters. The molecule has 0 aliphatic carbocycles. The highest BCUT2D eigenvalue weighted by molar-refractivity contribution is 5.39. The van der Waals surface area contributed by atoms with Crippen molar-refractivity contribution in [3.05, 3.63) is 60.4 Å². The van der Waals surface area contributed by atoms with Gasteiger partial charge in [0, 0.05) is 18.6 Å². The van der Waals surface area contributed by atoms with Crippen LogP contribution in [0.2, 0.25) is 0 Å². The third-order valence-corrected chi connectivity index (χ3v) is 5.05. The molecule has 0 saturated carbocycles. The average molecular weight is 367 g/mol. The van der Waals surface area contributed by atoms with E-state index in [9.17, 15) is 4.39 Å². The van der Waals surface area contributed by atoms with Gasteiger partial charge in [0.25, 0.3) is 0 Å². The van der Waals surface area contributed by atoms with Crippen molar-refractivity contribution in [2.75, 3.05) is 11.9 Å². The lowest BCUT2D eigenvalue weighted by Gasteiger charge is -2.40. The van der Waals surface area contributed by atoms with Gasteiger partial charge in [0.15, 0.2) is 5.82 Å². The van der Waals surface area contributed by atoms with Crippen molar-refractivity contribution in [1.29, 1.82) is 0 Å². The Morgan fingerprint density at radius 1 is 1.15 bits per heavy atom. The van der Waals surface area contributed by atoms with E-state index in [0.29, 0.717) is 5.95 Å². The number of hydrogen-bond acceptors (Lipinski definition) is 6. The number of hydrogen-bond donors (Lipinski definition) is 1. The Bertz CT molecular complexity index is 866. The van der Waals surface area contributed by atoms with E-state index in [1.54, 1.807) is 17.2 Å². The predicted molar refractivity (Wildman–Crippen MR) is 99.9 cm³/mol. The molecule has 1 fully saturated rings. The van der Waals surface area contributed by atoms with Gasteiger partial charge in [-0.15, -0.1) is 0 Å². The van der Waals surface area contributed by atoms with E-state index >= 15 is 0 Å². The Kier molecular flexibility index (Phi) is 5.06. The summed E-state index contributed by atoms with van der Waals surface area (Å²) < 4.78 is 13.0. The van der Waals surface area contributed by atoms with Crippen molar-refractivity contribution < 1.29 is 4.39 Å². The minimum absolute atomic E-state index is 0.208. The molecule has 1 aromatic carbocycles. The molecule has 27 heavy (non-hydrogen) atoms. The third-order valence-electron chi connectivity index (χ3n) is 5.05. The molecule has 2 aromatic heterocycles. The van der Waals surface area contributed by atoms with Crippen molar-refractivity contribution >= 4 is 5.95 Å². The normalized spacial score (nSPS) is 20.5. The van der Waals surface area contributed by atoms with Crippen molar-refractivity contribution in [2.45, 2.75) is 38.4 Å². The third kappa shape index (κ3) is 3.95. The highest BCUT2D eigenvalue weighted by Gasteiger charge is 2.29. The molecule has 0 radical (unpaired) electrons. The van der Waals surface area contributed by atoms with Crippen LogP contribution in [0.15, 0.2) is 49.1 Å². The van der Waals surface area contributed by atoms with E-state index in [0.717, 1.165) is 31.6 Å². The number of halogens is 1. The van der Waals surface area contributed by atoms with Gasteiger partial charge in [0.2, 0.25) is 5.95 Å². The summed E-state index contributed by atoms with van der Waals surface area (Å²) in [5, 5.41) is 11.9. The Hall–Kier alpha value is -2.87. The number of rotatable bonds is 5. The quantitative estimate of drug-likeness (QED) is 0.748. The van der Waals surface area contributed by atoms with E-state index in [1.807, 2.05) is 18.2 Å². The molecule has 8 heteroatoms. The highest BCUT2D eigenvalue weighted by Crippen LogP contribution is 2.24. The number of benzene rings is 1. The molecule has 4 rings (SSSR count). The van der Waals surface area contributed by atoms with Crippen LogP contribution in [0.5, 0.6) is 0 Å². The maximum absolute atomic E-state index is 13.0. The zero-order valence-electron chi connectivity index (χ0n) is 15.2. The molecule has 0 spiro atoms. The standard InChI is InChI=1S/C19H22FN7/c1-14-17(25-19-21-11-16(20)12-22-19)6-4-10-26(14)13-15-5-2-3-7-18(15)27-23-8-9-24-27/h2-3,5,7-9,11-12,14,17H,4,6,10,13H2,1H3,(H,21,22,25)/t14-,17+/m0/s1. The van der Waals surface area contributed by atoms with Gasteiger partial charge in [0.1, 0.15) is 0 Å². The predicted octanol–water partition coefficient (Wildman–Crippen LogP) is 2.66. The first-order valence-corrected chi connectivity index (χ1v) is 9.13. The molecule has 1 saturated heterocycles. The van der Waals surface area contributed by atoms with Gasteiger partial charge in [-0.2, -0.15) is 15.0 Å². The zero-order chi connectivity index (χ0) is 18.6. The monoisotopic (exact) mass is 367 g/mol. The van der Waals surface area contributed by atoms with Crippen LogP contribution in [0.1, 0.15) is 25.3 Å². The number of para-hydroxylation sites is 1. The summed E-state index contributed by atoms with van der Waals surface area (Å²) in [5.41, 5.74) is 2.17. The van der Waals surface area contributed by atoms with E-state index in [-0.39, 0.29) is 12.1 Å². The summed E-state index contributed by atoms with van der Waals surface area (Å²) in [6.45, 7) is 4.03. The summed E-state index contributed by atoms with van der Waals surface area (Å²) in [7, 11) is 0. The molecule has 1 aliphatic rings. The lowest BCUT2D eigenvalue weighted by atomic mass is 9.96. The zero-order valence-corrected chi connectivity index (χ0v) is 15.2. The first kappa shape index (κ1) is 17.5. The topological polar surface area (TPSA) is 71.8 Å². The first-order valence-electron chi connectivity index (χ1n) is 9.13. The molecular formula is C19H22FN7. The smallest absolute Gasteiger partial charge is 0.223 e. The van der Waals surface area contributed by atoms with Crippen LogP contribution < -0.4 is 5.32 Å². The van der Waals surface area contributed by atoms with Crippen LogP contribution in [0.25, 0.3) is 5.69 Å². The maximum Gasteiger partial charge on any atom is 0.223 e. The molecule has 0 amide bonds. The lowest BCUT2D eigenvalue weighted by Crippen LogP contribution is -2.49. The fourth-order valence-electron chi connectivity index (χ4n) is 3.58. The van der Waals surface area contributed by atoms with E-state index in [2.05, 4.69) is 43.4 Å². The largest absolute Gasteiger partial charge is 0.350 e. The van der Waals surface area contributed by atoms with Gasteiger partial charge in [-0.05, 0) is 37.9 Å². The van der Waals surface area contributed by atoms with E-state index < -0.39 is 5.82 Å². The second-order valence-electron chi connectivity index (χ2n) is 6.78. The SMILES string of the molecule is C[C@H]1[C@H](Nc2ncc(F)cn2)CCCN1Cc1ccccc1-n1nccn1. The molecule has 7 nitrogen and oxygen atoms in total. The summed E-state index contributed by atoms with van der Waals surface area (Å²) in [5.74, 6) is 0.0407. The molecule has 1 N–H and O–H groups in total. The van der Waals surface area contributed by atoms with Crippen LogP contribution >= 0.6 is 0 Å². The fraction of sp³-hybridized carbons (Fsp3) is 0.368. The van der Waals surface area contributed by atoms with Gasteiger partial charge in [-0.3, -0.25) is 4.90 Å². The van der Waals surface area contributed by atoms with Gasteiger partial charge in [-0.1, -0.05) is 18.2 Å². The molecule has 3 heterocycles. The summed E-state index contributed by atoms with van der Waals surface area (Å²) in [4.78, 5) is 12.2. The van der Waals surface area contributed by atoms with Crippen LogP contribution in [0, 0.1) is 5.82 Å². The molecule has 140 valence electrons. The van der Waals surface area contributed by atoms with Crippen molar-refractivity contribution in [3.8, 4) is 5.69 Å². The Morgan fingerprint density at radius 2 is 1.89 bits per heavy atom. The summed E-state index contributed by atoms with van der Waals surface area (Å²) >= 11 is 0. The number of likely N-dealkylation sites (tertiary alicyclic amines) is 1. The van der Waals surface area contributed by atoms with Gasteiger partial charge in [-0.25, -0.2) is 14.4 Å². The summed E-state index contributed by atoms with van der Waals surface area (Å²) in [6.07, 6.45) is 7.85. The Balaban J connectivity index is 1.49. The van der Waals surface area contributed by atoms with Crippen molar-refractivity contribution in [2.24, 2.45) is 0 Å². The molecule has 0 bridgehead atoms. The minimum atomic E-state index is -0.428. The van der Waals surface area contributed by atoms with Gasteiger partial charge >= 0.3 is 0 Å². The lowest BCUT2D eigenvalue weighted by molar-refractivity contribution is 0.139. The number of aromatic nitrogens is 5. The Morgan fingerprint density at radius 3 is 2.67 bits per heavy atom. The number of nitrogens with one attached hydrogen (secondary N) is 1. The Labute approximate surface area is 157 Å². The number of anilines is 1. The number of nitrogens with zero attached hydrogens (tertiary/aromatic N) is 6. The average Bonchev–Trinajstić information content (AvgIpc) is 3.22. The fourth-order valence-corrected chi connectivity index (χ4v) is 3.58. The highest BCUT2D eigenvalue weighted by atomic mass is 19.1. The van der Waals surface area contributed by atoms with E-state index in [4.69, 9.17) is 0 Å².